The first kappa shape index (κ1) is 13.7. The largest absolute Gasteiger partial charge is 0.311 e. The number of imidazole rings is 1. The number of thiazole rings is 1. The first-order valence-electron chi connectivity index (χ1n) is 6.31. The molecule has 0 atom stereocenters. The zero-order valence-electron chi connectivity index (χ0n) is 11.0. The Morgan fingerprint density at radius 2 is 2.25 bits per heavy atom. The number of fused-ring (bicyclic) bond motifs is 1. The van der Waals surface area contributed by atoms with Crippen molar-refractivity contribution in [3.05, 3.63) is 45.0 Å². The molecule has 1 N–H and O–H groups in total. The van der Waals surface area contributed by atoms with Crippen LogP contribution >= 0.6 is 27.3 Å². The van der Waals surface area contributed by atoms with Crippen LogP contribution in [0.5, 0.6) is 0 Å². The molecule has 0 aromatic carbocycles. The molecule has 5 nitrogen and oxygen atoms in total. The number of aromatic nitrogens is 4. The minimum atomic E-state index is 0.779. The van der Waals surface area contributed by atoms with Gasteiger partial charge in [0.2, 0.25) is 0 Å². The molecule has 0 fully saturated rings. The van der Waals surface area contributed by atoms with Crippen LogP contribution in [-0.2, 0) is 13.0 Å². The van der Waals surface area contributed by atoms with Gasteiger partial charge in [0.05, 0.1) is 28.8 Å². The molecule has 0 aliphatic rings. The Hall–Kier alpha value is -1.31. The van der Waals surface area contributed by atoms with E-state index in [4.69, 9.17) is 0 Å². The van der Waals surface area contributed by atoms with Gasteiger partial charge >= 0.3 is 0 Å². The summed E-state index contributed by atoms with van der Waals surface area (Å²) < 4.78 is 2.85. The normalized spacial score (nSPS) is 11.3. The lowest BCUT2D eigenvalue weighted by Gasteiger charge is -2.04. The number of nitrogens with zero attached hydrogens (tertiary/aromatic N) is 4. The highest BCUT2D eigenvalue weighted by Gasteiger charge is 2.04. The summed E-state index contributed by atoms with van der Waals surface area (Å²) in [6.07, 6.45) is 6.52. The standard InChI is InChI=1S/C13H14BrN5S/c1-9-18-10(8-20-9)2-3-15-4-11-5-17-13-6-16-12(14)7-19(11)13/h5-8,15H,2-4H2,1H3. The van der Waals surface area contributed by atoms with E-state index in [2.05, 4.69) is 41.6 Å². The molecule has 7 heteroatoms. The smallest absolute Gasteiger partial charge is 0.155 e. The van der Waals surface area contributed by atoms with Gasteiger partial charge in [-0.2, -0.15) is 0 Å². The molecule has 0 aliphatic carbocycles. The van der Waals surface area contributed by atoms with E-state index in [1.54, 1.807) is 17.5 Å². The van der Waals surface area contributed by atoms with E-state index in [1.807, 2.05) is 23.7 Å². The summed E-state index contributed by atoms with van der Waals surface area (Å²) >= 11 is 5.08. The van der Waals surface area contributed by atoms with Crippen LogP contribution in [0.15, 0.2) is 28.6 Å². The van der Waals surface area contributed by atoms with Crippen molar-refractivity contribution in [2.45, 2.75) is 19.9 Å². The summed E-state index contributed by atoms with van der Waals surface area (Å²) in [4.78, 5) is 12.9. The van der Waals surface area contributed by atoms with Gasteiger partial charge in [0.1, 0.15) is 4.60 Å². The molecule has 0 radical (unpaired) electrons. The maximum absolute atomic E-state index is 4.45. The summed E-state index contributed by atoms with van der Waals surface area (Å²) in [5.74, 6) is 0. The van der Waals surface area contributed by atoms with Gasteiger partial charge in [-0.25, -0.2) is 15.0 Å². The maximum atomic E-state index is 4.45. The fourth-order valence-corrected chi connectivity index (χ4v) is 2.96. The Kier molecular flexibility index (Phi) is 4.09. The van der Waals surface area contributed by atoms with E-state index >= 15 is 0 Å². The van der Waals surface area contributed by atoms with Crippen LogP contribution in [0.25, 0.3) is 5.65 Å². The minimum absolute atomic E-state index is 0.779. The van der Waals surface area contributed by atoms with Crippen molar-refractivity contribution in [2.24, 2.45) is 0 Å². The molecule has 0 unspecified atom stereocenters. The molecule has 20 heavy (non-hydrogen) atoms. The van der Waals surface area contributed by atoms with Crippen LogP contribution in [0.4, 0.5) is 0 Å². The monoisotopic (exact) mass is 351 g/mol. The average Bonchev–Trinajstić information content (AvgIpc) is 3.01. The van der Waals surface area contributed by atoms with Crippen LogP contribution in [0.1, 0.15) is 16.4 Å². The molecule has 3 heterocycles. The fourth-order valence-electron chi connectivity index (χ4n) is 2.00. The van der Waals surface area contributed by atoms with Gasteiger partial charge in [-0.05, 0) is 22.9 Å². The van der Waals surface area contributed by atoms with Crippen LogP contribution in [0.3, 0.4) is 0 Å². The molecule has 0 bridgehead atoms. The highest BCUT2D eigenvalue weighted by atomic mass is 79.9. The van der Waals surface area contributed by atoms with E-state index in [0.29, 0.717) is 0 Å². The van der Waals surface area contributed by atoms with Crippen molar-refractivity contribution in [3.63, 3.8) is 0 Å². The van der Waals surface area contributed by atoms with Gasteiger partial charge in [0.15, 0.2) is 5.65 Å². The molecular formula is C13H14BrN5S. The molecule has 0 saturated heterocycles. The Morgan fingerprint density at radius 1 is 1.35 bits per heavy atom. The van der Waals surface area contributed by atoms with Crippen molar-refractivity contribution < 1.29 is 0 Å². The lowest BCUT2D eigenvalue weighted by atomic mass is 10.3. The predicted octanol–water partition coefficient (Wildman–Crippen LogP) is 2.59. The third kappa shape index (κ3) is 3.05. The van der Waals surface area contributed by atoms with Crippen molar-refractivity contribution >= 4 is 32.9 Å². The Labute approximate surface area is 129 Å². The zero-order chi connectivity index (χ0) is 13.9. The van der Waals surface area contributed by atoms with Crippen molar-refractivity contribution in [1.29, 1.82) is 0 Å². The Morgan fingerprint density at radius 3 is 3.05 bits per heavy atom. The van der Waals surface area contributed by atoms with Crippen molar-refractivity contribution in [1.82, 2.24) is 24.7 Å². The van der Waals surface area contributed by atoms with Gasteiger partial charge in [-0.15, -0.1) is 11.3 Å². The van der Waals surface area contributed by atoms with Crippen molar-refractivity contribution in [2.75, 3.05) is 6.54 Å². The van der Waals surface area contributed by atoms with Gasteiger partial charge in [-0.3, -0.25) is 4.40 Å². The summed E-state index contributed by atoms with van der Waals surface area (Å²) in [5.41, 5.74) is 3.14. The van der Waals surface area contributed by atoms with Crippen LogP contribution in [-0.4, -0.2) is 25.9 Å². The van der Waals surface area contributed by atoms with Gasteiger partial charge < -0.3 is 5.32 Å². The third-order valence-corrected chi connectivity index (χ3v) is 4.20. The second-order valence-electron chi connectivity index (χ2n) is 4.47. The number of halogens is 1. The topological polar surface area (TPSA) is 55.1 Å². The number of nitrogens with one attached hydrogen (secondary N) is 1. The van der Waals surface area contributed by atoms with E-state index in [9.17, 15) is 0 Å². The van der Waals surface area contributed by atoms with E-state index in [-0.39, 0.29) is 0 Å². The Bertz CT molecular complexity index is 720. The molecule has 3 aromatic heterocycles. The lowest BCUT2D eigenvalue weighted by Crippen LogP contribution is -2.17. The minimum Gasteiger partial charge on any atom is -0.311 e. The Balaban J connectivity index is 1.58. The van der Waals surface area contributed by atoms with Gasteiger partial charge in [0, 0.05) is 31.1 Å². The second kappa shape index (κ2) is 5.99. The predicted molar refractivity (Wildman–Crippen MR) is 82.9 cm³/mol. The molecular weight excluding hydrogens is 338 g/mol. The number of hydrogen-bond donors (Lipinski definition) is 1. The van der Waals surface area contributed by atoms with Crippen LogP contribution in [0, 0.1) is 6.92 Å². The van der Waals surface area contributed by atoms with Crippen LogP contribution in [0.2, 0.25) is 0 Å². The molecule has 0 aliphatic heterocycles. The summed E-state index contributed by atoms with van der Waals surface area (Å²) in [6, 6.07) is 0. The van der Waals surface area contributed by atoms with E-state index in [0.717, 1.165) is 46.2 Å². The lowest BCUT2D eigenvalue weighted by molar-refractivity contribution is 0.665. The molecule has 3 rings (SSSR count). The maximum Gasteiger partial charge on any atom is 0.155 e. The van der Waals surface area contributed by atoms with Crippen LogP contribution < -0.4 is 5.32 Å². The molecule has 3 aromatic rings. The molecule has 0 saturated carbocycles. The highest BCUT2D eigenvalue weighted by Crippen LogP contribution is 2.11. The fraction of sp³-hybridized carbons (Fsp3) is 0.308. The SMILES string of the molecule is Cc1nc(CCNCc2cnc3cnc(Br)cn23)cs1. The van der Waals surface area contributed by atoms with E-state index < -0.39 is 0 Å². The highest BCUT2D eigenvalue weighted by molar-refractivity contribution is 9.10. The molecule has 0 spiro atoms. The summed E-state index contributed by atoms with van der Waals surface area (Å²) in [7, 11) is 0. The number of hydrogen-bond acceptors (Lipinski definition) is 5. The molecule has 104 valence electrons. The average molecular weight is 352 g/mol. The van der Waals surface area contributed by atoms with Gasteiger partial charge in [0.25, 0.3) is 0 Å². The second-order valence-corrected chi connectivity index (χ2v) is 6.35. The number of aryl methyl sites for hydroxylation is 1. The third-order valence-electron chi connectivity index (χ3n) is 2.97. The molecule has 0 amide bonds. The zero-order valence-corrected chi connectivity index (χ0v) is 13.4. The van der Waals surface area contributed by atoms with E-state index in [1.165, 1.54) is 0 Å². The van der Waals surface area contributed by atoms with Gasteiger partial charge in [-0.1, -0.05) is 0 Å². The summed E-state index contributed by atoms with van der Waals surface area (Å²) in [6.45, 7) is 3.72. The summed E-state index contributed by atoms with van der Waals surface area (Å²) in [5, 5.41) is 6.67. The first-order valence-corrected chi connectivity index (χ1v) is 7.99. The first-order chi connectivity index (χ1) is 9.72. The quantitative estimate of drug-likeness (QED) is 0.717. The number of rotatable bonds is 5. The van der Waals surface area contributed by atoms with Crippen molar-refractivity contribution in [3.8, 4) is 0 Å².